The van der Waals surface area contributed by atoms with Gasteiger partial charge in [-0.3, -0.25) is 9.20 Å². The van der Waals surface area contributed by atoms with E-state index < -0.39 is 0 Å². The van der Waals surface area contributed by atoms with E-state index in [1.165, 1.54) is 0 Å². The van der Waals surface area contributed by atoms with Crippen LogP contribution in [0.5, 0.6) is 23.3 Å². The van der Waals surface area contributed by atoms with Crippen molar-refractivity contribution in [1.29, 1.82) is 0 Å². The maximum Gasteiger partial charge on any atom is 0.291 e. The summed E-state index contributed by atoms with van der Waals surface area (Å²) >= 11 is 8.12. The quantitative estimate of drug-likeness (QED) is 0.0866. The minimum Gasteiger partial charge on any atom is -0.464 e. The Morgan fingerprint density at radius 1 is 0.810 bits per heavy atom. The average molecular weight is 934 g/mol. The Bertz CT molecular complexity index is 3140. The van der Waals surface area contributed by atoms with E-state index in [1.807, 2.05) is 94.5 Å². The molecule has 322 valence electrons. The van der Waals surface area contributed by atoms with Crippen LogP contribution in [0.3, 0.4) is 0 Å². The van der Waals surface area contributed by atoms with E-state index in [2.05, 4.69) is 57.7 Å². The molecule has 0 aliphatic rings. The largest absolute Gasteiger partial charge is 0.464 e. The van der Waals surface area contributed by atoms with E-state index in [9.17, 15) is 4.79 Å². The molecular formula is C46H42BrClN8O7. The molecule has 0 fully saturated rings. The summed E-state index contributed by atoms with van der Waals surface area (Å²) in [6, 6.07) is 18.8. The Morgan fingerprint density at radius 2 is 1.35 bits per heavy atom. The number of aromatic amines is 1. The lowest BCUT2D eigenvalue weighted by molar-refractivity contribution is -0.105. The number of nitrogens with one attached hydrogen (secondary N) is 1. The maximum atomic E-state index is 12.1. The van der Waals surface area contributed by atoms with Gasteiger partial charge in [0.1, 0.15) is 33.6 Å². The molecule has 9 rings (SSSR count). The molecule has 0 amide bonds. The first-order valence-corrected chi connectivity index (χ1v) is 20.2. The van der Waals surface area contributed by atoms with Crippen LogP contribution in [0, 0.1) is 39.5 Å². The molecule has 0 bridgehead atoms. The van der Waals surface area contributed by atoms with Gasteiger partial charge in [-0.1, -0.05) is 0 Å². The number of pyridine rings is 2. The topological polar surface area (TPSA) is 221 Å². The number of rotatable bonds is 7. The molecule has 5 N–H and O–H groups in total. The number of carbonyl (C=O) groups is 1. The Hall–Kier alpha value is -7.32. The molecule has 0 radical (unpaired) electrons. The SMILES string of the molecule is CC#CC.Cc1cc(Oc2nccc3occc23)ccc1-c1c(C)[nH]c(=O)c2nccn12.Cc1cc(Oc2nccc3occc23)ccc1-c1nc(N)c(Br)nc1C.O.O=CCCl. The number of imidazole rings is 1. The summed E-state index contributed by atoms with van der Waals surface area (Å²) in [5, 5.41) is 1.65. The molecule has 7 heterocycles. The van der Waals surface area contributed by atoms with Gasteiger partial charge in [0.05, 0.1) is 46.3 Å². The zero-order valence-corrected chi connectivity index (χ0v) is 37.3. The third-order valence-electron chi connectivity index (χ3n) is 9.13. The third kappa shape index (κ3) is 10.8. The fourth-order valence-electron chi connectivity index (χ4n) is 6.26. The predicted octanol–water partition coefficient (Wildman–Crippen LogP) is 9.91. The summed E-state index contributed by atoms with van der Waals surface area (Å²) in [7, 11) is 0. The number of nitrogens with zero attached hydrogens (tertiary/aromatic N) is 6. The Labute approximate surface area is 374 Å². The number of carbonyl (C=O) groups excluding carboxylic acids is 1. The Kier molecular flexibility index (Phi) is 15.9. The van der Waals surface area contributed by atoms with Crippen LogP contribution in [0.2, 0.25) is 0 Å². The zero-order valence-electron chi connectivity index (χ0n) is 35.0. The molecule has 9 aromatic rings. The van der Waals surface area contributed by atoms with Gasteiger partial charge in [0.2, 0.25) is 17.4 Å². The van der Waals surface area contributed by atoms with Crippen LogP contribution in [0.1, 0.15) is 36.4 Å². The van der Waals surface area contributed by atoms with Gasteiger partial charge in [0, 0.05) is 41.6 Å². The van der Waals surface area contributed by atoms with E-state index in [0.29, 0.717) is 45.6 Å². The van der Waals surface area contributed by atoms with E-state index >= 15 is 0 Å². The van der Waals surface area contributed by atoms with Gasteiger partial charge in [-0.2, -0.15) is 0 Å². The lowest BCUT2D eigenvalue weighted by atomic mass is 10.0. The molecular weight excluding hydrogens is 892 g/mol. The zero-order chi connectivity index (χ0) is 44.3. The molecule has 0 saturated heterocycles. The number of nitrogen functional groups attached to an aromatic ring is 1. The van der Waals surface area contributed by atoms with E-state index in [4.69, 9.17) is 40.4 Å². The van der Waals surface area contributed by atoms with Crippen molar-refractivity contribution in [2.45, 2.75) is 41.5 Å². The number of aromatic nitrogens is 7. The molecule has 0 aliphatic heterocycles. The minimum absolute atomic E-state index is 0. The van der Waals surface area contributed by atoms with Crippen LogP contribution in [-0.2, 0) is 4.79 Å². The smallest absolute Gasteiger partial charge is 0.291 e. The average Bonchev–Trinajstić information content (AvgIpc) is 4.07. The van der Waals surface area contributed by atoms with Gasteiger partial charge in [0.25, 0.3) is 5.56 Å². The predicted molar refractivity (Wildman–Crippen MR) is 247 cm³/mol. The van der Waals surface area contributed by atoms with Gasteiger partial charge < -0.3 is 39.3 Å². The summed E-state index contributed by atoms with van der Waals surface area (Å²) in [4.78, 5) is 45.6. The van der Waals surface area contributed by atoms with Gasteiger partial charge >= 0.3 is 0 Å². The number of halogens is 2. The van der Waals surface area contributed by atoms with Crippen LogP contribution in [-0.4, -0.2) is 51.9 Å². The van der Waals surface area contributed by atoms with Crippen LogP contribution >= 0.6 is 27.5 Å². The second-order valence-electron chi connectivity index (χ2n) is 13.3. The van der Waals surface area contributed by atoms with Crippen molar-refractivity contribution in [3.8, 4) is 57.6 Å². The number of aldehydes is 1. The summed E-state index contributed by atoms with van der Waals surface area (Å²) in [5.74, 6) is 8.19. The van der Waals surface area contributed by atoms with E-state index in [-0.39, 0.29) is 16.9 Å². The van der Waals surface area contributed by atoms with Crippen molar-refractivity contribution >= 4 is 67.2 Å². The molecule has 15 nitrogen and oxygen atoms in total. The monoisotopic (exact) mass is 932 g/mol. The maximum absolute atomic E-state index is 12.1. The fraction of sp³-hybridized carbons (Fsp3) is 0.152. The van der Waals surface area contributed by atoms with E-state index in [1.54, 1.807) is 49.4 Å². The lowest BCUT2D eigenvalue weighted by Gasteiger charge is -2.13. The standard InChI is InChI=1S/C21H16N4O3.C19H15BrN4O2.C4H6.C2H3ClO.H2O/c1-12-11-14(28-21-16-6-10-27-17(16)5-7-23-21)3-4-15(12)18-13(2)24-20(26)19-22-8-9-25(18)19;1-10-9-12(26-19-14-6-8-25-15(14)5-7-22-19)3-4-13(10)16-11(2)23-17(20)18(21)24-16;1-3-4-2;3-1-2-4;/h3-11H,1-2H3,(H,24,26);3-9H,1-2H3,(H2,21,24);1-2H3;2H,1H2;1H2. The number of benzene rings is 2. The number of H-pyrrole nitrogens is 1. The second-order valence-corrected chi connectivity index (χ2v) is 14.3. The molecule has 0 saturated carbocycles. The minimum atomic E-state index is -0.205. The molecule has 0 spiro atoms. The number of hydrogen-bond donors (Lipinski definition) is 2. The summed E-state index contributed by atoms with van der Waals surface area (Å²) < 4.78 is 25.1. The van der Waals surface area contributed by atoms with Crippen LogP contribution < -0.4 is 20.8 Å². The molecule has 7 aromatic heterocycles. The van der Waals surface area contributed by atoms with Crippen molar-refractivity contribution in [2.75, 3.05) is 11.6 Å². The van der Waals surface area contributed by atoms with Crippen molar-refractivity contribution in [3.63, 3.8) is 0 Å². The highest BCUT2D eigenvalue weighted by atomic mass is 79.9. The number of alkyl halides is 1. The van der Waals surface area contributed by atoms with Crippen molar-refractivity contribution in [3.05, 3.63) is 135 Å². The third-order valence-corrected chi connectivity index (χ3v) is 9.84. The summed E-state index contributed by atoms with van der Waals surface area (Å²) in [6.07, 6.45) is 10.6. The first kappa shape index (κ1) is 46.7. The lowest BCUT2D eigenvalue weighted by Crippen LogP contribution is -2.14. The summed E-state index contributed by atoms with van der Waals surface area (Å²) in [6.45, 7) is 11.4. The Balaban J connectivity index is 0.000000201. The number of fused-ring (bicyclic) bond motifs is 3. The number of nitrogens with two attached hydrogens (primary N) is 1. The van der Waals surface area contributed by atoms with Crippen molar-refractivity contribution in [1.82, 2.24) is 34.3 Å². The number of furan rings is 2. The number of anilines is 1. The van der Waals surface area contributed by atoms with Crippen molar-refractivity contribution in [2.24, 2.45) is 0 Å². The highest BCUT2D eigenvalue weighted by Crippen LogP contribution is 2.35. The first-order chi connectivity index (χ1) is 30.0. The molecule has 2 aromatic carbocycles. The highest BCUT2D eigenvalue weighted by Gasteiger charge is 2.16. The number of hydrogen-bond acceptors (Lipinski definition) is 12. The normalized spacial score (nSPS) is 10.2. The van der Waals surface area contributed by atoms with E-state index in [0.717, 1.165) is 67.0 Å². The van der Waals surface area contributed by atoms with Gasteiger partial charge in [-0.25, -0.2) is 24.9 Å². The molecule has 0 unspecified atom stereocenters. The van der Waals surface area contributed by atoms with Crippen molar-refractivity contribution < 1.29 is 28.6 Å². The first-order valence-electron chi connectivity index (χ1n) is 18.9. The summed E-state index contributed by atoms with van der Waals surface area (Å²) in [5.41, 5.74) is 14.7. The number of aryl methyl sites for hydroxylation is 4. The van der Waals surface area contributed by atoms with Gasteiger partial charge in [-0.05, 0) is 129 Å². The molecule has 63 heavy (non-hydrogen) atoms. The molecule has 0 aliphatic carbocycles. The van der Waals surface area contributed by atoms with Crippen LogP contribution in [0.25, 0.3) is 50.1 Å². The fourth-order valence-corrected chi connectivity index (χ4v) is 6.62. The number of ether oxygens (including phenoxy) is 2. The second kappa shape index (κ2) is 21.5. The molecule has 17 heteroatoms. The van der Waals surface area contributed by atoms with Gasteiger partial charge in [-0.15, -0.1) is 23.4 Å². The Morgan fingerprint density at radius 3 is 1.86 bits per heavy atom. The molecule has 0 atom stereocenters. The van der Waals surface area contributed by atoms with Gasteiger partial charge in [0.15, 0.2) is 5.82 Å². The van der Waals surface area contributed by atoms with Crippen LogP contribution in [0.4, 0.5) is 5.82 Å². The highest BCUT2D eigenvalue weighted by molar-refractivity contribution is 9.10. The van der Waals surface area contributed by atoms with Crippen LogP contribution in [0.15, 0.2) is 116 Å².